The first-order valence-electron chi connectivity index (χ1n) is 3.93. The Bertz CT molecular complexity index is 115. The zero-order chi connectivity index (χ0) is 7.78. The highest BCUT2D eigenvalue weighted by atomic mass is 15.3. The molecule has 1 atom stereocenters. The monoisotopic (exact) mass is 142 g/mol. The molecule has 0 spiro atoms. The van der Waals surface area contributed by atoms with E-state index in [-0.39, 0.29) is 0 Å². The van der Waals surface area contributed by atoms with E-state index in [0.717, 1.165) is 13.2 Å². The third-order valence-electron chi connectivity index (χ3n) is 2.23. The topological polar surface area (TPSA) is 15.3 Å². The number of nitrogens with zero attached hydrogens (tertiary/aromatic N) is 1. The van der Waals surface area contributed by atoms with Crippen LogP contribution >= 0.6 is 0 Å². The molecule has 2 heteroatoms. The fraction of sp³-hybridized carbons (Fsp3) is 1.00. The Balaban J connectivity index is 2.55. The van der Waals surface area contributed by atoms with E-state index in [1.165, 1.54) is 0 Å². The molecule has 0 saturated carbocycles. The third kappa shape index (κ3) is 1.50. The second-order valence-electron chi connectivity index (χ2n) is 4.25. The van der Waals surface area contributed by atoms with Gasteiger partial charge in [0.25, 0.3) is 0 Å². The molecule has 0 aliphatic carbocycles. The molecule has 2 nitrogen and oxygen atoms in total. The summed E-state index contributed by atoms with van der Waals surface area (Å²) in [6.45, 7) is 9.06. The van der Waals surface area contributed by atoms with Gasteiger partial charge in [-0.15, -0.1) is 0 Å². The van der Waals surface area contributed by atoms with Crippen LogP contribution in [0, 0.1) is 5.41 Å². The molecule has 1 aliphatic rings. The van der Waals surface area contributed by atoms with E-state index in [1.807, 2.05) is 0 Å². The van der Waals surface area contributed by atoms with Crippen molar-refractivity contribution in [1.29, 1.82) is 0 Å². The molecule has 1 rings (SSSR count). The molecule has 0 bridgehead atoms. The molecule has 10 heavy (non-hydrogen) atoms. The third-order valence-corrected chi connectivity index (χ3v) is 2.23. The summed E-state index contributed by atoms with van der Waals surface area (Å²) in [7, 11) is 2.18. The van der Waals surface area contributed by atoms with Crippen molar-refractivity contribution < 1.29 is 0 Å². The molecular formula is C8H18N2. The van der Waals surface area contributed by atoms with Gasteiger partial charge in [0, 0.05) is 19.3 Å². The molecule has 1 heterocycles. The maximum atomic E-state index is 3.35. The smallest absolute Gasteiger partial charge is 0.0481 e. The Labute approximate surface area is 63.6 Å². The number of nitrogens with one attached hydrogen (secondary N) is 1. The van der Waals surface area contributed by atoms with E-state index in [1.54, 1.807) is 0 Å². The van der Waals surface area contributed by atoms with E-state index in [0.29, 0.717) is 11.5 Å². The van der Waals surface area contributed by atoms with Gasteiger partial charge in [0.2, 0.25) is 0 Å². The minimum absolute atomic E-state index is 0.415. The van der Waals surface area contributed by atoms with Gasteiger partial charge < -0.3 is 5.32 Å². The van der Waals surface area contributed by atoms with Gasteiger partial charge in [-0.25, -0.2) is 0 Å². The predicted octanol–water partition coefficient (Wildman–Crippen LogP) is 0.894. The summed E-state index contributed by atoms with van der Waals surface area (Å²) >= 11 is 0. The highest BCUT2D eigenvalue weighted by Gasteiger charge is 2.31. The highest BCUT2D eigenvalue weighted by Crippen LogP contribution is 2.24. The SMILES string of the molecule is CN1CNCC1C(C)(C)C. The van der Waals surface area contributed by atoms with Crippen molar-refractivity contribution in [1.82, 2.24) is 10.2 Å². The fourth-order valence-electron chi connectivity index (χ4n) is 1.61. The van der Waals surface area contributed by atoms with Crippen LogP contribution in [0.4, 0.5) is 0 Å². The first-order chi connectivity index (χ1) is 4.52. The summed E-state index contributed by atoms with van der Waals surface area (Å²) in [5, 5.41) is 3.35. The zero-order valence-electron chi connectivity index (χ0n) is 7.44. The van der Waals surface area contributed by atoms with Crippen LogP contribution in [-0.2, 0) is 0 Å². The maximum Gasteiger partial charge on any atom is 0.0481 e. The number of hydrogen-bond acceptors (Lipinski definition) is 2. The van der Waals surface area contributed by atoms with Crippen molar-refractivity contribution in [3.63, 3.8) is 0 Å². The van der Waals surface area contributed by atoms with Gasteiger partial charge in [-0.3, -0.25) is 4.90 Å². The van der Waals surface area contributed by atoms with Crippen LogP contribution in [-0.4, -0.2) is 31.2 Å². The molecule has 0 aromatic heterocycles. The van der Waals surface area contributed by atoms with E-state index in [2.05, 4.69) is 38.0 Å². The van der Waals surface area contributed by atoms with Crippen LogP contribution in [0.5, 0.6) is 0 Å². The summed E-state index contributed by atoms with van der Waals surface area (Å²) in [5.74, 6) is 0. The fourth-order valence-corrected chi connectivity index (χ4v) is 1.61. The normalized spacial score (nSPS) is 29.4. The lowest BCUT2D eigenvalue weighted by Gasteiger charge is -2.31. The van der Waals surface area contributed by atoms with Crippen LogP contribution in [0.25, 0.3) is 0 Å². The molecule has 0 amide bonds. The van der Waals surface area contributed by atoms with Gasteiger partial charge in [-0.2, -0.15) is 0 Å². The van der Waals surface area contributed by atoms with Gasteiger partial charge in [0.05, 0.1) is 0 Å². The molecule has 0 radical (unpaired) electrons. The summed E-state index contributed by atoms with van der Waals surface area (Å²) < 4.78 is 0. The molecule has 1 aliphatic heterocycles. The summed E-state index contributed by atoms with van der Waals surface area (Å²) in [4.78, 5) is 2.38. The van der Waals surface area contributed by atoms with Crippen molar-refractivity contribution in [3.8, 4) is 0 Å². The molecule has 1 N–H and O–H groups in total. The van der Waals surface area contributed by atoms with Crippen LogP contribution in [0.15, 0.2) is 0 Å². The average molecular weight is 142 g/mol. The Morgan fingerprint density at radius 2 is 2.00 bits per heavy atom. The van der Waals surface area contributed by atoms with Crippen molar-refractivity contribution in [2.45, 2.75) is 26.8 Å². The Morgan fingerprint density at radius 3 is 2.20 bits per heavy atom. The van der Waals surface area contributed by atoms with Gasteiger partial charge in [0.1, 0.15) is 0 Å². The first kappa shape index (κ1) is 8.02. The van der Waals surface area contributed by atoms with Crippen LogP contribution in [0.2, 0.25) is 0 Å². The van der Waals surface area contributed by atoms with E-state index in [9.17, 15) is 0 Å². The maximum absolute atomic E-state index is 3.35. The second kappa shape index (κ2) is 2.51. The summed E-state index contributed by atoms with van der Waals surface area (Å²) in [6.07, 6.45) is 0. The molecule has 0 aromatic carbocycles. The van der Waals surface area contributed by atoms with Gasteiger partial charge in [-0.05, 0) is 12.5 Å². The molecule has 1 fully saturated rings. The summed E-state index contributed by atoms with van der Waals surface area (Å²) in [6, 6.07) is 0.701. The largest absolute Gasteiger partial charge is 0.303 e. The van der Waals surface area contributed by atoms with Crippen LogP contribution in [0.3, 0.4) is 0 Å². The summed E-state index contributed by atoms with van der Waals surface area (Å²) in [5.41, 5.74) is 0.415. The first-order valence-corrected chi connectivity index (χ1v) is 3.93. The lowest BCUT2D eigenvalue weighted by atomic mass is 9.87. The van der Waals surface area contributed by atoms with Crippen LogP contribution < -0.4 is 5.32 Å². The van der Waals surface area contributed by atoms with E-state index in [4.69, 9.17) is 0 Å². The van der Waals surface area contributed by atoms with E-state index >= 15 is 0 Å². The Morgan fingerprint density at radius 1 is 1.40 bits per heavy atom. The number of hydrogen-bond donors (Lipinski definition) is 1. The number of likely N-dealkylation sites (N-methyl/N-ethyl adjacent to an activating group) is 1. The van der Waals surface area contributed by atoms with E-state index < -0.39 is 0 Å². The predicted molar refractivity (Wildman–Crippen MR) is 43.9 cm³/mol. The minimum atomic E-state index is 0.415. The van der Waals surface area contributed by atoms with Crippen molar-refractivity contribution >= 4 is 0 Å². The van der Waals surface area contributed by atoms with Crippen molar-refractivity contribution in [2.24, 2.45) is 5.41 Å². The van der Waals surface area contributed by atoms with Gasteiger partial charge >= 0.3 is 0 Å². The van der Waals surface area contributed by atoms with Gasteiger partial charge in [0.15, 0.2) is 0 Å². The lowest BCUT2D eigenvalue weighted by molar-refractivity contribution is 0.178. The molecule has 1 unspecified atom stereocenters. The molecule has 60 valence electrons. The molecule has 0 aromatic rings. The van der Waals surface area contributed by atoms with Gasteiger partial charge in [-0.1, -0.05) is 20.8 Å². The Kier molecular flexibility index (Phi) is 2.02. The highest BCUT2D eigenvalue weighted by molar-refractivity contribution is 4.86. The average Bonchev–Trinajstić information content (AvgIpc) is 2.11. The van der Waals surface area contributed by atoms with Crippen molar-refractivity contribution in [2.75, 3.05) is 20.3 Å². The zero-order valence-corrected chi connectivity index (χ0v) is 7.44. The minimum Gasteiger partial charge on any atom is -0.303 e. The Hall–Kier alpha value is -0.0800. The van der Waals surface area contributed by atoms with Crippen molar-refractivity contribution in [3.05, 3.63) is 0 Å². The molecular weight excluding hydrogens is 124 g/mol. The molecule has 1 saturated heterocycles. The standard InChI is InChI=1S/C8H18N2/c1-8(2,3)7-5-9-6-10(7)4/h7,9H,5-6H2,1-4H3. The lowest BCUT2D eigenvalue weighted by Crippen LogP contribution is -2.38. The quantitative estimate of drug-likeness (QED) is 0.540. The van der Waals surface area contributed by atoms with Crippen LogP contribution in [0.1, 0.15) is 20.8 Å². The second-order valence-corrected chi connectivity index (χ2v) is 4.25. The number of rotatable bonds is 0.